The molecule has 0 N–H and O–H groups in total. The Balaban J connectivity index is 0. The molecule has 0 spiro atoms. The van der Waals surface area contributed by atoms with E-state index in [1.54, 1.807) is 0 Å². The summed E-state index contributed by atoms with van der Waals surface area (Å²) >= 11 is 0. The smallest absolute Gasteiger partial charge is 0 e. The average molecular weight is 247 g/mol. The minimum absolute atomic E-state index is 0. The van der Waals surface area contributed by atoms with E-state index in [4.69, 9.17) is 0 Å². The van der Waals surface area contributed by atoms with Crippen LogP contribution in [0.25, 0.3) is 0 Å². The first-order valence-electron chi connectivity index (χ1n) is 0. The zero-order chi connectivity index (χ0) is 0. The molecule has 0 amide bonds. The van der Waals surface area contributed by atoms with E-state index in [2.05, 4.69) is 0 Å². The molecular formula is H4CuInS2. The summed E-state index contributed by atoms with van der Waals surface area (Å²) < 4.78 is 0. The predicted octanol–water partition coefficient (Wildman–Crippen LogP) is -0.158. The minimum Gasteiger partial charge on any atom is -0.197 e. The fourth-order valence-electron chi connectivity index (χ4n) is 0. The summed E-state index contributed by atoms with van der Waals surface area (Å²) in [5.41, 5.74) is 0. The fraction of sp³-hybridized carbons (Fsp3) is 0. The van der Waals surface area contributed by atoms with Gasteiger partial charge < -0.3 is 0 Å². The van der Waals surface area contributed by atoms with Crippen LogP contribution in [0.15, 0.2) is 0 Å². The molecule has 4 heteroatoms. The van der Waals surface area contributed by atoms with Gasteiger partial charge in [-0.3, -0.25) is 0 Å². The first-order chi connectivity index (χ1) is 0. The Labute approximate surface area is 69.3 Å². The molecule has 0 saturated heterocycles. The Morgan fingerprint density at radius 1 is 0.750 bits per heavy atom. The summed E-state index contributed by atoms with van der Waals surface area (Å²) in [4.78, 5) is 0. The number of rotatable bonds is 0. The first-order valence-corrected chi connectivity index (χ1v) is 0. The van der Waals surface area contributed by atoms with Crippen LogP contribution < -0.4 is 0 Å². The molecule has 0 unspecified atom stereocenters. The number of hydrogen-bond acceptors (Lipinski definition) is 0. The van der Waals surface area contributed by atoms with Gasteiger partial charge in [-0.2, -0.15) is 27.0 Å². The van der Waals surface area contributed by atoms with Gasteiger partial charge in [-0.1, -0.05) is 0 Å². The van der Waals surface area contributed by atoms with Gasteiger partial charge in [-0.15, -0.1) is 0 Å². The molecule has 4 heavy (non-hydrogen) atoms. The van der Waals surface area contributed by atoms with Gasteiger partial charge in [0.25, 0.3) is 0 Å². The van der Waals surface area contributed by atoms with Gasteiger partial charge >= 0.3 is 0 Å². The molecule has 0 bridgehead atoms. The Morgan fingerprint density at radius 2 is 0.750 bits per heavy atom. The van der Waals surface area contributed by atoms with Crippen LogP contribution in [-0.4, -0.2) is 25.8 Å². The Bertz CT molecular complexity index is 6.00. The van der Waals surface area contributed by atoms with Crippen molar-refractivity contribution >= 4 is 52.8 Å². The normalized spacial score (nSPS) is 0. The Morgan fingerprint density at radius 3 is 0.750 bits per heavy atom. The van der Waals surface area contributed by atoms with E-state index in [0.717, 1.165) is 0 Å². The maximum Gasteiger partial charge on any atom is 0 e. The molecule has 0 aromatic heterocycles. The second-order valence-electron chi connectivity index (χ2n) is 0. The SMILES string of the molecule is S.S.[Cu].[In]. The maximum absolute atomic E-state index is 0. The predicted molar refractivity (Wildman–Crippen MR) is 26.5 cm³/mol. The molecule has 0 atom stereocenters. The Hall–Kier alpha value is 2.09. The van der Waals surface area contributed by atoms with E-state index in [1.807, 2.05) is 0 Å². The molecule has 0 rings (SSSR count). The largest absolute Gasteiger partial charge is 0.197 e. The summed E-state index contributed by atoms with van der Waals surface area (Å²) in [7, 11) is 0. The molecule has 0 aromatic carbocycles. The summed E-state index contributed by atoms with van der Waals surface area (Å²) in [5, 5.41) is 0. The summed E-state index contributed by atoms with van der Waals surface area (Å²) in [6, 6.07) is 0. The van der Waals surface area contributed by atoms with Gasteiger partial charge in [0.05, 0.1) is 0 Å². The summed E-state index contributed by atoms with van der Waals surface area (Å²) in [5.74, 6) is 0. The molecule has 0 nitrogen and oxygen atoms in total. The van der Waals surface area contributed by atoms with Gasteiger partial charge in [0.2, 0.25) is 0 Å². The van der Waals surface area contributed by atoms with Crippen molar-refractivity contribution in [1.82, 2.24) is 0 Å². The van der Waals surface area contributed by atoms with Crippen molar-refractivity contribution in [3.63, 3.8) is 0 Å². The van der Waals surface area contributed by atoms with Crippen LogP contribution in [0.4, 0.5) is 0 Å². The van der Waals surface area contributed by atoms with Crippen molar-refractivity contribution in [3.8, 4) is 0 Å². The molecule has 4 radical (unpaired) electrons. The van der Waals surface area contributed by atoms with Gasteiger partial charge in [-0.05, 0) is 0 Å². The summed E-state index contributed by atoms with van der Waals surface area (Å²) in [6.45, 7) is 0. The van der Waals surface area contributed by atoms with Crippen LogP contribution in [0, 0.1) is 0 Å². The molecule has 0 aliphatic carbocycles. The third kappa shape index (κ3) is 8.94. The third-order valence-corrected chi connectivity index (χ3v) is 0. The molecule has 0 heterocycles. The zero-order valence-electron chi connectivity index (χ0n) is 1.88. The van der Waals surface area contributed by atoms with Crippen LogP contribution >= 0.6 is 27.0 Å². The molecule has 0 fully saturated rings. The van der Waals surface area contributed by atoms with Crippen LogP contribution in [-0.2, 0) is 17.1 Å². The van der Waals surface area contributed by atoms with E-state index in [9.17, 15) is 0 Å². The van der Waals surface area contributed by atoms with E-state index in [-0.39, 0.29) is 69.9 Å². The van der Waals surface area contributed by atoms with E-state index >= 15 is 0 Å². The van der Waals surface area contributed by atoms with Crippen LogP contribution in [0.1, 0.15) is 0 Å². The standard InChI is InChI=1S/Cu.In.2H2S/h;;2*1H2. The fourth-order valence-corrected chi connectivity index (χ4v) is 0. The second kappa shape index (κ2) is 19.5. The zero-order valence-corrected chi connectivity index (χ0v) is 8.12. The minimum atomic E-state index is 0. The van der Waals surface area contributed by atoms with E-state index in [1.165, 1.54) is 0 Å². The monoisotopic (exact) mass is 246 g/mol. The molecule has 0 aliphatic rings. The van der Waals surface area contributed by atoms with Gasteiger partial charge in [-0.25, -0.2) is 0 Å². The van der Waals surface area contributed by atoms with Crippen molar-refractivity contribution < 1.29 is 17.1 Å². The van der Waals surface area contributed by atoms with E-state index < -0.39 is 0 Å². The molecule has 30 valence electrons. The van der Waals surface area contributed by atoms with Crippen molar-refractivity contribution in [2.75, 3.05) is 0 Å². The second-order valence-corrected chi connectivity index (χ2v) is 0. The van der Waals surface area contributed by atoms with Crippen molar-refractivity contribution in [2.45, 2.75) is 0 Å². The van der Waals surface area contributed by atoms with Gasteiger partial charge in [0.1, 0.15) is 0 Å². The van der Waals surface area contributed by atoms with Crippen molar-refractivity contribution in [2.24, 2.45) is 0 Å². The van der Waals surface area contributed by atoms with Gasteiger partial charge in [0, 0.05) is 42.9 Å². The molecule has 0 aliphatic heterocycles. The average Bonchev–Trinajstić information content (AvgIpc) is 0. The van der Waals surface area contributed by atoms with Crippen molar-refractivity contribution in [1.29, 1.82) is 0 Å². The Kier molecular flexibility index (Phi) is 176. The van der Waals surface area contributed by atoms with Gasteiger partial charge in [0.15, 0.2) is 0 Å². The summed E-state index contributed by atoms with van der Waals surface area (Å²) in [6.07, 6.45) is 0. The van der Waals surface area contributed by atoms with Crippen LogP contribution in [0.3, 0.4) is 0 Å². The number of hydrogen-bond donors (Lipinski definition) is 0. The molecular weight excluding hydrogens is 242 g/mol. The topological polar surface area (TPSA) is 0 Å². The molecule has 0 aromatic rings. The first kappa shape index (κ1) is 36.1. The maximum atomic E-state index is 0. The third-order valence-electron chi connectivity index (χ3n) is 0. The van der Waals surface area contributed by atoms with E-state index in [0.29, 0.717) is 0 Å². The van der Waals surface area contributed by atoms with Crippen molar-refractivity contribution in [3.05, 3.63) is 0 Å². The quantitative estimate of drug-likeness (QED) is 0.521. The molecule has 0 saturated carbocycles. The van der Waals surface area contributed by atoms with Crippen LogP contribution in [0.5, 0.6) is 0 Å². The van der Waals surface area contributed by atoms with Crippen LogP contribution in [0.2, 0.25) is 0 Å².